The van der Waals surface area contributed by atoms with Gasteiger partial charge in [-0.1, -0.05) is 54.6 Å². The van der Waals surface area contributed by atoms with Crippen LogP contribution in [0.15, 0.2) is 60.5 Å². The molecule has 1 saturated carbocycles. The van der Waals surface area contributed by atoms with Crippen molar-refractivity contribution >= 4 is 39.0 Å². The minimum Gasteiger partial charge on any atom is -0.454 e. The van der Waals surface area contributed by atoms with E-state index in [0.29, 0.717) is 16.1 Å². The van der Waals surface area contributed by atoms with E-state index in [0.717, 1.165) is 23.8 Å². The molecule has 0 unspecified atom stereocenters. The Bertz CT molecular complexity index is 1590. The Labute approximate surface area is 251 Å². The van der Waals surface area contributed by atoms with Crippen LogP contribution in [0.4, 0.5) is 19.1 Å². The zero-order valence-corrected chi connectivity index (χ0v) is 24.4. The second kappa shape index (κ2) is 13.2. The van der Waals surface area contributed by atoms with Crippen LogP contribution in [0.1, 0.15) is 59.4 Å². The Hall–Kier alpha value is -3.84. The Balaban J connectivity index is 1.43. The molecule has 0 atom stereocenters. The van der Waals surface area contributed by atoms with Gasteiger partial charge in [0.15, 0.2) is 22.2 Å². The number of nitrogens with zero attached hydrogens (tertiary/aromatic N) is 3. The molecule has 0 amide bonds. The molecule has 1 fully saturated rings. The van der Waals surface area contributed by atoms with Gasteiger partial charge in [0.2, 0.25) is 5.95 Å². The molecule has 2 aromatic carbocycles. The highest BCUT2D eigenvalue weighted by Gasteiger charge is 2.45. The monoisotopic (exact) mass is 636 g/mol. The van der Waals surface area contributed by atoms with E-state index in [1.807, 2.05) is 12.1 Å². The highest BCUT2D eigenvalue weighted by atomic mass is 35.5. The second-order valence-corrected chi connectivity index (χ2v) is 12.5. The number of Topliss-reactive ketones (excluding diaryl/α,β-unsaturated/α-hetero) is 2. The van der Waals surface area contributed by atoms with Crippen LogP contribution in [-0.2, 0) is 26.6 Å². The van der Waals surface area contributed by atoms with Gasteiger partial charge < -0.3 is 10.1 Å². The molecule has 4 rings (SSSR count). The first kappa shape index (κ1) is 32.1. The molecule has 0 spiro atoms. The van der Waals surface area contributed by atoms with Gasteiger partial charge in [-0.25, -0.2) is 8.42 Å². The predicted molar refractivity (Wildman–Crippen MR) is 154 cm³/mol. The molecule has 0 bridgehead atoms. The Morgan fingerprint density at radius 1 is 1.02 bits per heavy atom. The lowest BCUT2D eigenvalue weighted by Crippen LogP contribution is -2.23. The molecule has 1 heterocycles. The first-order valence-corrected chi connectivity index (χ1v) is 15.3. The van der Waals surface area contributed by atoms with Crippen molar-refractivity contribution in [3.63, 3.8) is 0 Å². The molecule has 1 aliphatic carbocycles. The van der Waals surface area contributed by atoms with E-state index in [9.17, 15) is 31.2 Å². The normalized spacial score (nSPS) is 14.1. The SMILES string of the molecule is C=CS(=O)(=O)CC(=O)CCCC(=O)c1ccc(Cc2nc(NC3(c4ccc(Cl)cc4)CC3)nc(OCC(F)(F)F)n2)cc1. The zero-order valence-electron chi connectivity index (χ0n) is 22.9. The van der Waals surface area contributed by atoms with E-state index in [-0.39, 0.29) is 43.2 Å². The van der Waals surface area contributed by atoms with Gasteiger partial charge in [0.1, 0.15) is 17.4 Å². The molecule has 1 aromatic heterocycles. The third-order valence-corrected chi connectivity index (χ3v) is 8.12. The Morgan fingerprint density at radius 2 is 1.70 bits per heavy atom. The van der Waals surface area contributed by atoms with Crippen LogP contribution in [0.25, 0.3) is 0 Å². The van der Waals surface area contributed by atoms with Crippen LogP contribution in [0.5, 0.6) is 6.01 Å². The molecule has 1 aliphatic rings. The lowest BCUT2D eigenvalue weighted by Gasteiger charge is -2.19. The van der Waals surface area contributed by atoms with Gasteiger partial charge in [0.05, 0.1) is 5.54 Å². The van der Waals surface area contributed by atoms with Crippen LogP contribution >= 0.6 is 11.6 Å². The number of rotatable bonds is 15. The molecule has 0 radical (unpaired) electrons. The molecule has 43 heavy (non-hydrogen) atoms. The molecule has 228 valence electrons. The van der Waals surface area contributed by atoms with E-state index in [2.05, 4.69) is 26.8 Å². The first-order valence-electron chi connectivity index (χ1n) is 13.2. The molecule has 9 nitrogen and oxygen atoms in total. The number of alkyl halides is 3. The largest absolute Gasteiger partial charge is 0.454 e. The summed E-state index contributed by atoms with van der Waals surface area (Å²) < 4.78 is 66.2. The second-order valence-electron chi connectivity index (χ2n) is 10.1. The number of anilines is 1. The summed E-state index contributed by atoms with van der Waals surface area (Å²) in [4.78, 5) is 36.9. The molecule has 3 aromatic rings. The Morgan fingerprint density at radius 3 is 2.30 bits per heavy atom. The maximum atomic E-state index is 12.8. The number of aromatic nitrogens is 3. The average Bonchev–Trinajstić information content (AvgIpc) is 3.72. The van der Waals surface area contributed by atoms with Gasteiger partial charge in [0, 0.05) is 35.3 Å². The summed E-state index contributed by atoms with van der Waals surface area (Å²) in [6, 6.07) is 13.3. The number of nitrogens with one attached hydrogen (secondary N) is 1. The number of benzene rings is 2. The number of sulfone groups is 1. The third-order valence-electron chi connectivity index (χ3n) is 6.64. The fourth-order valence-electron chi connectivity index (χ4n) is 4.27. The van der Waals surface area contributed by atoms with E-state index in [4.69, 9.17) is 16.3 Å². The molecule has 14 heteroatoms. The number of hydrogen-bond donors (Lipinski definition) is 1. The van der Waals surface area contributed by atoms with Gasteiger partial charge in [-0.15, -0.1) is 0 Å². The third kappa shape index (κ3) is 9.58. The lowest BCUT2D eigenvalue weighted by atomic mass is 10.0. The highest BCUT2D eigenvalue weighted by Crippen LogP contribution is 2.48. The van der Waals surface area contributed by atoms with E-state index >= 15 is 0 Å². The van der Waals surface area contributed by atoms with Crippen molar-refractivity contribution in [1.29, 1.82) is 0 Å². The summed E-state index contributed by atoms with van der Waals surface area (Å²) in [6.45, 7) is 1.60. The van der Waals surface area contributed by atoms with Gasteiger partial charge in [-0.05, 0) is 42.5 Å². The average molecular weight is 637 g/mol. The van der Waals surface area contributed by atoms with Crippen LogP contribution < -0.4 is 10.1 Å². The van der Waals surface area contributed by atoms with Crippen LogP contribution in [-0.4, -0.2) is 53.5 Å². The zero-order chi connectivity index (χ0) is 31.3. The van der Waals surface area contributed by atoms with Crippen molar-refractivity contribution in [2.45, 2.75) is 50.2 Å². The number of ether oxygens (including phenoxy) is 1. The smallest absolute Gasteiger partial charge is 0.422 e. The molecule has 1 N–H and O–H groups in total. The van der Waals surface area contributed by atoms with E-state index < -0.39 is 45.7 Å². The fraction of sp³-hybridized carbons (Fsp3) is 0.345. The minimum atomic E-state index is -4.58. The molecular formula is C29H28ClF3N4O5S. The summed E-state index contributed by atoms with van der Waals surface area (Å²) in [6.07, 6.45) is -2.75. The molecular weight excluding hydrogens is 609 g/mol. The standard InChI is InChI=1S/C29H28ClF3N4O5S/c1-2-43(40,41)17-23(38)4-3-5-24(39)20-8-6-19(7-9-20)16-25-34-26(36-27(35-25)42-18-29(31,32)33)37-28(14-15-28)21-10-12-22(30)13-11-21/h2,6-13H,1,3-5,14-18H2,(H,34,35,36,37). The summed E-state index contributed by atoms with van der Waals surface area (Å²) in [5, 5.41) is 4.53. The van der Waals surface area contributed by atoms with Crippen LogP contribution in [0.3, 0.4) is 0 Å². The molecule has 0 saturated heterocycles. The molecule has 0 aliphatic heterocycles. The van der Waals surface area contributed by atoms with Crippen molar-refractivity contribution in [2.24, 2.45) is 0 Å². The van der Waals surface area contributed by atoms with Gasteiger partial charge in [-0.3, -0.25) is 9.59 Å². The lowest BCUT2D eigenvalue weighted by molar-refractivity contribution is -0.154. The maximum Gasteiger partial charge on any atom is 0.422 e. The Kier molecular flexibility index (Phi) is 9.86. The van der Waals surface area contributed by atoms with Crippen molar-refractivity contribution in [2.75, 3.05) is 17.7 Å². The van der Waals surface area contributed by atoms with Crippen molar-refractivity contribution in [3.05, 3.63) is 88.1 Å². The number of carbonyl (C=O) groups is 2. The summed E-state index contributed by atoms with van der Waals surface area (Å²) >= 11 is 6.00. The summed E-state index contributed by atoms with van der Waals surface area (Å²) in [5.41, 5.74) is 1.51. The summed E-state index contributed by atoms with van der Waals surface area (Å²) in [5.74, 6) is -1.13. The topological polar surface area (TPSA) is 128 Å². The number of carbonyl (C=O) groups excluding carboxylic acids is 2. The minimum absolute atomic E-state index is 0.0509. The van der Waals surface area contributed by atoms with Crippen LogP contribution in [0, 0.1) is 0 Å². The first-order chi connectivity index (χ1) is 20.3. The van der Waals surface area contributed by atoms with E-state index in [1.165, 1.54) is 0 Å². The van der Waals surface area contributed by atoms with Gasteiger partial charge in [-0.2, -0.15) is 28.1 Å². The quantitative estimate of drug-likeness (QED) is 0.211. The maximum absolute atomic E-state index is 12.8. The van der Waals surface area contributed by atoms with Crippen molar-refractivity contribution < 1.29 is 35.9 Å². The number of halogens is 4. The summed E-state index contributed by atoms with van der Waals surface area (Å²) in [7, 11) is -3.64. The van der Waals surface area contributed by atoms with Gasteiger partial charge in [0.25, 0.3) is 0 Å². The highest BCUT2D eigenvalue weighted by molar-refractivity contribution is 7.94. The fourth-order valence-corrected chi connectivity index (χ4v) is 5.11. The van der Waals surface area contributed by atoms with Crippen molar-refractivity contribution in [1.82, 2.24) is 15.0 Å². The van der Waals surface area contributed by atoms with E-state index in [1.54, 1.807) is 36.4 Å². The van der Waals surface area contributed by atoms with Crippen molar-refractivity contribution in [3.8, 4) is 6.01 Å². The number of hydrogen-bond acceptors (Lipinski definition) is 9. The van der Waals surface area contributed by atoms with Gasteiger partial charge >= 0.3 is 12.2 Å². The number of ketones is 2. The predicted octanol–water partition coefficient (Wildman–Crippen LogP) is 5.64. The van der Waals surface area contributed by atoms with Crippen LogP contribution in [0.2, 0.25) is 5.02 Å².